The highest BCUT2D eigenvalue weighted by molar-refractivity contribution is 5.94. The van der Waals surface area contributed by atoms with Gasteiger partial charge in [-0.3, -0.25) is 20.2 Å². The summed E-state index contributed by atoms with van der Waals surface area (Å²) in [6, 6.07) is 1.79. The fourth-order valence-electron chi connectivity index (χ4n) is 1.93. The van der Waals surface area contributed by atoms with Crippen LogP contribution in [0.3, 0.4) is 0 Å². The Labute approximate surface area is 113 Å². The Morgan fingerprint density at radius 3 is 2.30 bits per heavy atom. The van der Waals surface area contributed by atoms with Crippen LogP contribution in [0.1, 0.15) is 35.4 Å². The molecular weight excluding hydrogens is 272 g/mol. The summed E-state index contributed by atoms with van der Waals surface area (Å²) < 4.78 is 5.00. The first kappa shape index (κ1) is 15.5. The molecule has 0 aliphatic heterocycles. The zero-order valence-corrected chi connectivity index (χ0v) is 10.7. The third-order valence-corrected chi connectivity index (χ3v) is 2.78. The predicted octanol–water partition coefficient (Wildman–Crippen LogP) is 2.30. The van der Waals surface area contributed by atoms with Gasteiger partial charge < -0.3 is 9.84 Å². The van der Waals surface area contributed by atoms with Crippen LogP contribution in [0.2, 0.25) is 0 Å². The van der Waals surface area contributed by atoms with Gasteiger partial charge in [-0.25, -0.2) is 4.79 Å². The molecule has 0 aliphatic rings. The van der Waals surface area contributed by atoms with Crippen LogP contribution in [0.4, 0.5) is 11.4 Å². The highest BCUT2D eigenvalue weighted by Gasteiger charge is 2.35. The van der Waals surface area contributed by atoms with E-state index in [-0.39, 0.29) is 12.0 Å². The van der Waals surface area contributed by atoms with Crippen LogP contribution in [0, 0.1) is 20.2 Å². The van der Waals surface area contributed by atoms with Crippen molar-refractivity contribution < 1.29 is 24.5 Å². The maximum Gasteiger partial charge on any atom is 0.342 e. The summed E-state index contributed by atoms with van der Waals surface area (Å²) in [6.07, 6.45) is -0.712. The first-order valence-corrected chi connectivity index (χ1v) is 5.56. The number of nitrogens with zero attached hydrogens (tertiary/aromatic N) is 2. The van der Waals surface area contributed by atoms with Crippen LogP contribution < -0.4 is 0 Å². The Morgan fingerprint density at radius 1 is 1.35 bits per heavy atom. The van der Waals surface area contributed by atoms with Crippen LogP contribution >= 0.6 is 0 Å². The molecule has 9 nitrogen and oxygen atoms in total. The first-order chi connectivity index (χ1) is 9.34. The molecule has 0 spiro atoms. The lowest BCUT2D eigenvalue weighted by atomic mass is 9.98. The highest BCUT2D eigenvalue weighted by atomic mass is 16.6. The second kappa shape index (κ2) is 6.06. The van der Waals surface area contributed by atoms with Crippen LogP contribution in [0.5, 0.6) is 0 Å². The van der Waals surface area contributed by atoms with E-state index in [4.69, 9.17) is 9.84 Å². The fourth-order valence-corrected chi connectivity index (χ4v) is 1.93. The molecule has 1 N–H and O–H groups in total. The van der Waals surface area contributed by atoms with Crippen molar-refractivity contribution in [3.05, 3.63) is 43.5 Å². The SMILES string of the molecule is CCC(OC)c1c([N+](=O)[O-])ccc(C(=O)O)c1[N+](=O)[O-]. The lowest BCUT2D eigenvalue weighted by Crippen LogP contribution is -2.12. The lowest BCUT2D eigenvalue weighted by molar-refractivity contribution is -0.396. The van der Waals surface area contributed by atoms with Gasteiger partial charge in [0.05, 0.1) is 16.0 Å². The Balaban J connectivity index is 3.78. The van der Waals surface area contributed by atoms with Gasteiger partial charge in [0.1, 0.15) is 11.1 Å². The summed E-state index contributed by atoms with van der Waals surface area (Å²) in [5, 5.41) is 31.1. The molecule has 1 atom stereocenters. The lowest BCUT2D eigenvalue weighted by Gasteiger charge is -2.14. The Bertz CT molecular complexity index is 566. The minimum absolute atomic E-state index is 0.223. The van der Waals surface area contributed by atoms with Crippen molar-refractivity contribution in [1.82, 2.24) is 0 Å². The first-order valence-electron chi connectivity index (χ1n) is 5.56. The number of nitro benzene ring substituents is 2. The summed E-state index contributed by atoms with van der Waals surface area (Å²) in [5.74, 6) is -1.53. The number of nitro groups is 2. The van der Waals surface area contributed by atoms with E-state index in [1.54, 1.807) is 6.92 Å². The standard InChI is InChI=1S/C11H12N2O7/c1-3-8(20-2)9-7(12(16)17)5-4-6(11(14)15)10(9)13(18)19/h4-5,8H,3H2,1-2H3,(H,14,15). The molecule has 0 bridgehead atoms. The van der Waals surface area contributed by atoms with E-state index in [0.29, 0.717) is 0 Å². The van der Waals surface area contributed by atoms with Gasteiger partial charge in [-0.2, -0.15) is 0 Å². The number of aromatic carboxylic acids is 1. The number of benzene rings is 1. The van der Waals surface area contributed by atoms with Crippen molar-refractivity contribution in [3.63, 3.8) is 0 Å². The predicted molar refractivity (Wildman–Crippen MR) is 66.8 cm³/mol. The minimum atomic E-state index is -1.53. The molecule has 0 fully saturated rings. The number of carbonyl (C=O) groups is 1. The maximum absolute atomic E-state index is 11.1. The van der Waals surface area contributed by atoms with Crippen molar-refractivity contribution in [2.45, 2.75) is 19.4 Å². The second-order valence-corrected chi connectivity index (χ2v) is 3.85. The van der Waals surface area contributed by atoms with E-state index in [1.165, 1.54) is 7.11 Å². The van der Waals surface area contributed by atoms with E-state index < -0.39 is 38.9 Å². The van der Waals surface area contributed by atoms with Crippen molar-refractivity contribution in [1.29, 1.82) is 0 Å². The molecule has 0 saturated carbocycles. The zero-order valence-electron chi connectivity index (χ0n) is 10.7. The van der Waals surface area contributed by atoms with E-state index >= 15 is 0 Å². The average Bonchev–Trinajstić information content (AvgIpc) is 2.38. The van der Waals surface area contributed by atoms with Gasteiger partial charge in [0, 0.05) is 13.2 Å². The minimum Gasteiger partial charge on any atom is -0.477 e. The zero-order chi connectivity index (χ0) is 15.4. The largest absolute Gasteiger partial charge is 0.477 e. The molecule has 0 aromatic heterocycles. The monoisotopic (exact) mass is 284 g/mol. The second-order valence-electron chi connectivity index (χ2n) is 3.85. The molecule has 0 radical (unpaired) electrons. The van der Waals surface area contributed by atoms with Gasteiger partial charge in [-0.05, 0) is 12.5 Å². The quantitative estimate of drug-likeness (QED) is 0.625. The third-order valence-electron chi connectivity index (χ3n) is 2.78. The van der Waals surface area contributed by atoms with Crippen molar-refractivity contribution in [2.24, 2.45) is 0 Å². The van der Waals surface area contributed by atoms with Crippen LogP contribution in [0.15, 0.2) is 12.1 Å². The number of methoxy groups -OCH3 is 1. The summed E-state index contributed by atoms with van der Waals surface area (Å²) in [6.45, 7) is 1.62. The topological polar surface area (TPSA) is 133 Å². The van der Waals surface area contributed by atoms with Crippen LogP contribution in [-0.4, -0.2) is 28.0 Å². The summed E-state index contributed by atoms with van der Waals surface area (Å²) >= 11 is 0. The van der Waals surface area contributed by atoms with E-state index in [0.717, 1.165) is 12.1 Å². The molecule has 1 unspecified atom stereocenters. The molecule has 20 heavy (non-hydrogen) atoms. The number of ether oxygens (including phenoxy) is 1. The number of carboxylic acid groups (broad SMARTS) is 1. The van der Waals surface area contributed by atoms with Gasteiger partial charge in [-0.15, -0.1) is 0 Å². The van der Waals surface area contributed by atoms with Gasteiger partial charge in [0.25, 0.3) is 11.4 Å². The molecule has 0 heterocycles. The molecule has 0 amide bonds. The molecule has 9 heteroatoms. The molecule has 108 valence electrons. The van der Waals surface area contributed by atoms with E-state index in [1.807, 2.05) is 0 Å². The molecular formula is C11H12N2O7. The fraction of sp³-hybridized carbons (Fsp3) is 0.364. The summed E-state index contributed by atoms with van der Waals surface area (Å²) in [5.41, 5.74) is -2.27. The Hall–Kier alpha value is -2.55. The normalized spacial score (nSPS) is 11.9. The van der Waals surface area contributed by atoms with Gasteiger partial charge >= 0.3 is 5.97 Å². The van der Waals surface area contributed by atoms with Gasteiger partial charge in [0.15, 0.2) is 0 Å². The summed E-state index contributed by atoms with van der Waals surface area (Å²) in [7, 11) is 1.25. The van der Waals surface area contributed by atoms with Gasteiger partial charge in [-0.1, -0.05) is 6.92 Å². The highest BCUT2D eigenvalue weighted by Crippen LogP contribution is 2.39. The average molecular weight is 284 g/mol. The smallest absolute Gasteiger partial charge is 0.342 e. The van der Waals surface area contributed by atoms with Crippen molar-refractivity contribution >= 4 is 17.3 Å². The van der Waals surface area contributed by atoms with Crippen LogP contribution in [0.25, 0.3) is 0 Å². The Morgan fingerprint density at radius 2 is 1.95 bits per heavy atom. The van der Waals surface area contributed by atoms with Gasteiger partial charge in [0.2, 0.25) is 0 Å². The number of hydrogen-bond donors (Lipinski definition) is 1. The number of carboxylic acids is 1. The van der Waals surface area contributed by atoms with E-state index in [2.05, 4.69) is 0 Å². The van der Waals surface area contributed by atoms with Crippen LogP contribution in [-0.2, 0) is 4.74 Å². The Kier molecular flexibility index (Phi) is 4.70. The molecule has 1 rings (SSSR count). The molecule has 1 aromatic rings. The van der Waals surface area contributed by atoms with E-state index in [9.17, 15) is 25.0 Å². The maximum atomic E-state index is 11.1. The molecule has 0 aliphatic carbocycles. The molecule has 1 aromatic carbocycles. The van der Waals surface area contributed by atoms with Crippen molar-refractivity contribution in [2.75, 3.05) is 7.11 Å². The number of hydrogen-bond acceptors (Lipinski definition) is 6. The third kappa shape index (κ3) is 2.72. The summed E-state index contributed by atoms with van der Waals surface area (Å²) in [4.78, 5) is 31.4. The molecule has 0 saturated heterocycles. The van der Waals surface area contributed by atoms with Crippen molar-refractivity contribution in [3.8, 4) is 0 Å². The number of rotatable bonds is 6.